The van der Waals surface area contributed by atoms with Crippen LogP contribution in [-0.2, 0) is 0 Å². The Kier molecular flexibility index (Phi) is 3.90. The molecule has 0 bridgehead atoms. The van der Waals surface area contributed by atoms with Crippen molar-refractivity contribution in [2.75, 3.05) is 5.32 Å². The van der Waals surface area contributed by atoms with E-state index in [0.717, 1.165) is 17.4 Å². The van der Waals surface area contributed by atoms with Gasteiger partial charge in [0.05, 0.1) is 5.52 Å². The summed E-state index contributed by atoms with van der Waals surface area (Å²) >= 11 is 0. The van der Waals surface area contributed by atoms with E-state index in [-0.39, 0.29) is 0 Å². The molecule has 2 heteroatoms. The van der Waals surface area contributed by atoms with E-state index in [2.05, 4.69) is 48.4 Å². The molecule has 0 saturated heterocycles. The Bertz CT molecular complexity index is 563. The lowest BCUT2D eigenvalue weighted by Gasteiger charge is -2.32. The predicted octanol–water partition coefficient (Wildman–Crippen LogP) is 4.86. The van der Waals surface area contributed by atoms with Crippen LogP contribution in [-0.4, -0.2) is 11.0 Å². The number of hydrogen-bond acceptors (Lipinski definition) is 2. The lowest BCUT2D eigenvalue weighted by atomic mass is 9.79. The Morgan fingerprint density at radius 1 is 1.05 bits per heavy atom. The largest absolute Gasteiger partial charge is 0.382 e. The molecule has 0 atom stereocenters. The fraction of sp³-hybridized carbons (Fsp3) is 0.500. The van der Waals surface area contributed by atoms with Gasteiger partial charge < -0.3 is 5.32 Å². The average Bonchev–Trinajstić information content (AvgIpc) is 2.48. The molecule has 1 aliphatic rings. The minimum Gasteiger partial charge on any atom is -0.382 e. The fourth-order valence-corrected chi connectivity index (χ4v) is 3.38. The van der Waals surface area contributed by atoms with E-state index in [0.29, 0.717) is 6.04 Å². The number of fused-ring (bicyclic) bond motifs is 1. The number of nitrogens with zero attached hydrogens (tertiary/aromatic N) is 1. The van der Waals surface area contributed by atoms with Crippen molar-refractivity contribution < 1.29 is 0 Å². The maximum Gasteiger partial charge on any atom is 0.0722 e. The van der Waals surface area contributed by atoms with Crippen molar-refractivity contribution in [3.8, 4) is 0 Å². The first kappa shape index (κ1) is 13.4. The molecule has 1 aliphatic carbocycles. The smallest absolute Gasteiger partial charge is 0.0722 e. The minimum atomic E-state index is 0.621. The summed E-state index contributed by atoms with van der Waals surface area (Å²) in [7, 11) is 0. The summed E-state index contributed by atoms with van der Waals surface area (Å²) < 4.78 is 0. The highest BCUT2D eigenvalue weighted by Crippen LogP contribution is 2.32. The van der Waals surface area contributed by atoms with Crippen molar-refractivity contribution in [1.82, 2.24) is 4.98 Å². The van der Waals surface area contributed by atoms with Crippen molar-refractivity contribution in [3.05, 3.63) is 36.5 Å². The predicted molar refractivity (Wildman–Crippen MR) is 85.9 cm³/mol. The van der Waals surface area contributed by atoms with Gasteiger partial charge in [-0.15, -0.1) is 0 Å². The van der Waals surface area contributed by atoms with Crippen LogP contribution in [0.4, 0.5) is 5.69 Å². The van der Waals surface area contributed by atoms with Crippen LogP contribution in [0.3, 0.4) is 0 Å². The zero-order valence-corrected chi connectivity index (χ0v) is 12.5. The van der Waals surface area contributed by atoms with Crippen molar-refractivity contribution in [2.45, 2.75) is 45.6 Å². The van der Waals surface area contributed by atoms with Crippen LogP contribution in [0.15, 0.2) is 36.5 Å². The molecule has 0 radical (unpaired) electrons. The molecule has 1 heterocycles. The quantitative estimate of drug-likeness (QED) is 0.859. The molecule has 1 saturated carbocycles. The summed E-state index contributed by atoms with van der Waals surface area (Å²) in [4.78, 5) is 4.43. The molecule has 106 valence electrons. The lowest BCUT2D eigenvalue weighted by molar-refractivity contribution is 0.267. The summed E-state index contributed by atoms with van der Waals surface area (Å²) in [6, 6.07) is 11.1. The fourth-order valence-electron chi connectivity index (χ4n) is 3.38. The first-order valence-corrected chi connectivity index (χ1v) is 7.84. The number of anilines is 1. The van der Waals surface area contributed by atoms with Crippen LogP contribution in [0.25, 0.3) is 10.9 Å². The molecule has 0 amide bonds. The summed E-state index contributed by atoms with van der Waals surface area (Å²) in [6.07, 6.45) is 7.16. The minimum absolute atomic E-state index is 0.621. The molecule has 0 spiro atoms. The van der Waals surface area contributed by atoms with Gasteiger partial charge in [0.1, 0.15) is 0 Å². The number of hydrogen-bond donors (Lipinski definition) is 1. The third-order valence-corrected chi connectivity index (χ3v) is 4.72. The van der Waals surface area contributed by atoms with Crippen LogP contribution in [0.2, 0.25) is 0 Å². The van der Waals surface area contributed by atoms with E-state index in [1.54, 1.807) is 0 Å². The third-order valence-electron chi connectivity index (χ3n) is 4.72. The number of pyridine rings is 1. The highest BCUT2D eigenvalue weighted by atomic mass is 14.9. The Morgan fingerprint density at radius 3 is 2.60 bits per heavy atom. The van der Waals surface area contributed by atoms with E-state index in [4.69, 9.17) is 0 Å². The van der Waals surface area contributed by atoms with E-state index in [9.17, 15) is 0 Å². The van der Waals surface area contributed by atoms with Crippen LogP contribution >= 0.6 is 0 Å². The normalized spacial score (nSPS) is 23.1. The van der Waals surface area contributed by atoms with Gasteiger partial charge in [-0.3, -0.25) is 4.98 Å². The first-order valence-electron chi connectivity index (χ1n) is 7.84. The topological polar surface area (TPSA) is 24.9 Å². The van der Waals surface area contributed by atoms with Gasteiger partial charge in [-0.1, -0.05) is 19.9 Å². The van der Waals surface area contributed by atoms with Crippen LogP contribution in [0.1, 0.15) is 39.5 Å². The summed E-state index contributed by atoms with van der Waals surface area (Å²) in [5, 5.41) is 4.98. The third kappa shape index (κ3) is 2.79. The van der Waals surface area contributed by atoms with Gasteiger partial charge in [-0.25, -0.2) is 0 Å². The van der Waals surface area contributed by atoms with E-state index < -0.39 is 0 Å². The molecule has 1 aromatic heterocycles. The second-order valence-electron chi connectivity index (χ2n) is 6.38. The maximum atomic E-state index is 4.43. The van der Waals surface area contributed by atoms with Gasteiger partial charge >= 0.3 is 0 Å². The molecule has 1 fully saturated rings. The molecular weight excluding hydrogens is 244 g/mol. The van der Waals surface area contributed by atoms with E-state index in [1.807, 2.05) is 12.3 Å². The summed E-state index contributed by atoms with van der Waals surface area (Å²) in [6.45, 7) is 4.71. The number of rotatable bonds is 3. The van der Waals surface area contributed by atoms with Gasteiger partial charge in [0, 0.05) is 23.3 Å². The van der Waals surface area contributed by atoms with Gasteiger partial charge in [0.15, 0.2) is 0 Å². The monoisotopic (exact) mass is 268 g/mol. The van der Waals surface area contributed by atoms with Gasteiger partial charge in [-0.05, 0) is 61.8 Å². The zero-order valence-electron chi connectivity index (χ0n) is 12.5. The van der Waals surface area contributed by atoms with Crippen molar-refractivity contribution in [3.63, 3.8) is 0 Å². The van der Waals surface area contributed by atoms with Crippen molar-refractivity contribution >= 4 is 16.6 Å². The molecule has 2 nitrogen and oxygen atoms in total. The lowest BCUT2D eigenvalue weighted by Crippen LogP contribution is -2.27. The molecule has 1 aromatic carbocycles. The Balaban J connectivity index is 1.72. The number of aromatic nitrogens is 1. The molecular formula is C18H24N2. The van der Waals surface area contributed by atoms with Crippen LogP contribution < -0.4 is 5.32 Å². The first-order chi connectivity index (χ1) is 9.74. The van der Waals surface area contributed by atoms with Crippen LogP contribution in [0, 0.1) is 11.8 Å². The highest BCUT2D eigenvalue weighted by Gasteiger charge is 2.23. The number of nitrogens with one attached hydrogen (secondary N) is 1. The number of benzene rings is 1. The summed E-state index contributed by atoms with van der Waals surface area (Å²) in [5.41, 5.74) is 2.32. The summed E-state index contributed by atoms with van der Waals surface area (Å²) in [5.74, 6) is 1.75. The molecule has 20 heavy (non-hydrogen) atoms. The van der Waals surface area contributed by atoms with Gasteiger partial charge in [0.25, 0.3) is 0 Å². The van der Waals surface area contributed by atoms with Crippen molar-refractivity contribution in [1.29, 1.82) is 0 Å². The van der Waals surface area contributed by atoms with E-state index in [1.165, 1.54) is 36.8 Å². The average molecular weight is 268 g/mol. The van der Waals surface area contributed by atoms with Crippen LogP contribution in [0.5, 0.6) is 0 Å². The second kappa shape index (κ2) is 5.82. The molecule has 0 unspecified atom stereocenters. The second-order valence-corrected chi connectivity index (χ2v) is 6.38. The van der Waals surface area contributed by atoms with Gasteiger partial charge in [-0.2, -0.15) is 0 Å². The SMILES string of the molecule is CC(C)C1CCC(Nc2cccc3ncccc23)CC1. The molecule has 3 rings (SSSR count). The highest BCUT2D eigenvalue weighted by molar-refractivity contribution is 5.91. The Hall–Kier alpha value is -1.57. The molecule has 2 aromatic rings. The molecule has 0 aliphatic heterocycles. The van der Waals surface area contributed by atoms with E-state index >= 15 is 0 Å². The van der Waals surface area contributed by atoms with Crippen molar-refractivity contribution in [2.24, 2.45) is 11.8 Å². The van der Waals surface area contributed by atoms with Gasteiger partial charge in [0.2, 0.25) is 0 Å². The Labute approximate surface area is 121 Å². The Morgan fingerprint density at radius 2 is 1.85 bits per heavy atom. The standard InChI is InChI=1S/C18H24N2/c1-13(2)14-8-10-15(11-9-14)20-18-7-3-6-17-16(18)5-4-12-19-17/h3-7,12-15,20H,8-11H2,1-2H3. The maximum absolute atomic E-state index is 4.43. The molecule has 1 N–H and O–H groups in total. The zero-order chi connectivity index (χ0) is 13.9.